The first kappa shape index (κ1) is 16.6. The number of aliphatic hydroxyl groups excluding tert-OH is 5. The van der Waals surface area contributed by atoms with Crippen LogP contribution in [-0.2, 0) is 6.54 Å². The maximum Gasteiger partial charge on any atom is 0.315 e. The van der Waals surface area contributed by atoms with Crippen molar-refractivity contribution < 1.29 is 30.3 Å². The summed E-state index contributed by atoms with van der Waals surface area (Å²) in [6, 6.07) is 1.39. The van der Waals surface area contributed by atoms with Crippen LogP contribution in [0.15, 0.2) is 24.5 Å². The number of hydrogen-bond acceptors (Lipinski definition) is 7. The number of hydrogen-bond donors (Lipinski definition) is 7. The molecule has 9 heteroatoms. The van der Waals surface area contributed by atoms with Crippen molar-refractivity contribution >= 4 is 6.03 Å². The Bertz CT molecular complexity index is 486. The molecule has 1 aromatic rings. The SMILES string of the molecule is O=C(NCc1ccncc1)NC1[C@@H](O)[C@H](O)C(O)[C@H](O)[C@H]1O. The van der Waals surface area contributed by atoms with Gasteiger partial charge in [-0.1, -0.05) is 0 Å². The molecule has 0 saturated heterocycles. The number of rotatable bonds is 3. The highest BCUT2D eigenvalue weighted by atomic mass is 16.4. The van der Waals surface area contributed by atoms with E-state index in [2.05, 4.69) is 15.6 Å². The minimum atomic E-state index is -1.69. The standard InChI is InChI=1S/C13H19N3O6/c17-8-7(9(18)11(20)12(21)10(8)19)16-13(22)15-5-6-1-3-14-4-2-6/h1-4,7-12,17-21H,5H2,(H2,15,16,22)/t7?,8-,9+,10+,11-,12?. The van der Waals surface area contributed by atoms with E-state index in [0.29, 0.717) is 0 Å². The molecule has 2 amide bonds. The van der Waals surface area contributed by atoms with E-state index in [1.54, 1.807) is 24.5 Å². The average molecular weight is 313 g/mol. The minimum Gasteiger partial charge on any atom is -0.388 e. The third kappa shape index (κ3) is 3.51. The molecule has 6 atom stereocenters. The van der Waals surface area contributed by atoms with Crippen molar-refractivity contribution in [2.75, 3.05) is 0 Å². The van der Waals surface area contributed by atoms with Gasteiger partial charge < -0.3 is 36.2 Å². The molecule has 1 fully saturated rings. The Labute approximate surface area is 126 Å². The van der Waals surface area contributed by atoms with Crippen LogP contribution in [0.5, 0.6) is 0 Å². The van der Waals surface area contributed by atoms with Crippen LogP contribution in [0.25, 0.3) is 0 Å². The summed E-state index contributed by atoms with van der Waals surface area (Å²) in [5.74, 6) is 0. The van der Waals surface area contributed by atoms with Gasteiger partial charge in [0, 0.05) is 18.9 Å². The molecule has 1 saturated carbocycles. The molecule has 2 rings (SSSR count). The Morgan fingerprint density at radius 1 is 0.955 bits per heavy atom. The van der Waals surface area contributed by atoms with Crippen molar-refractivity contribution in [3.63, 3.8) is 0 Å². The van der Waals surface area contributed by atoms with E-state index >= 15 is 0 Å². The zero-order valence-electron chi connectivity index (χ0n) is 11.6. The summed E-state index contributed by atoms with van der Waals surface area (Å²) in [5.41, 5.74) is 0.797. The average Bonchev–Trinajstić information content (AvgIpc) is 2.54. The highest BCUT2D eigenvalue weighted by Gasteiger charge is 2.48. The van der Waals surface area contributed by atoms with Crippen molar-refractivity contribution in [3.05, 3.63) is 30.1 Å². The molecule has 22 heavy (non-hydrogen) atoms. The lowest BCUT2D eigenvalue weighted by Gasteiger charge is -2.41. The van der Waals surface area contributed by atoms with Crippen LogP contribution < -0.4 is 10.6 Å². The highest BCUT2D eigenvalue weighted by Crippen LogP contribution is 2.21. The lowest BCUT2D eigenvalue weighted by molar-refractivity contribution is -0.188. The van der Waals surface area contributed by atoms with Crippen molar-refractivity contribution in [1.82, 2.24) is 15.6 Å². The molecule has 0 aromatic carbocycles. The smallest absolute Gasteiger partial charge is 0.315 e. The molecular formula is C13H19N3O6. The van der Waals surface area contributed by atoms with E-state index in [-0.39, 0.29) is 6.54 Å². The lowest BCUT2D eigenvalue weighted by atomic mass is 9.83. The summed E-state index contributed by atoms with van der Waals surface area (Å²) in [5, 5.41) is 53.0. The number of carbonyl (C=O) groups excluding carboxylic acids is 1. The second kappa shape index (κ2) is 6.99. The summed E-state index contributed by atoms with van der Waals surface area (Å²) in [6.07, 6.45) is -5.13. The Hall–Kier alpha value is -1.78. The molecule has 122 valence electrons. The molecule has 1 aliphatic carbocycles. The summed E-state index contributed by atoms with van der Waals surface area (Å²) in [4.78, 5) is 15.6. The molecule has 0 bridgehead atoms. The summed E-state index contributed by atoms with van der Waals surface area (Å²) >= 11 is 0. The maximum atomic E-state index is 11.8. The Morgan fingerprint density at radius 2 is 1.45 bits per heavy atom. The van der Waals surface area contributed by atoms with E-state index < -0.39 is 42.6 Å². The normalized spacial score (nSPS) is 35.0. The summed E-state index contributed by atoms with van der Waals surface area (Å²) < 4.78 is 0. The van der Waals surface area contributed by atoms with E-state index in [1.165, 1.54) is 0 Å². The molecule has 1 heterocycles. The van der Waals surface area contributed by atoms with Crippen LogP contribution in [-0.4, -0.2) is 73.1 Å². The third-order valence-corrected chi connectivity index (χ3v) is 3.64. The van der Waals surface area contributed by atoms with Gasteiger partial charge in [0.2, 0.25) is 0 Å². The molecular weight excluding hydrogens is 294 g/mol. The Morgan fingerprint density at radius 3 is 2.00 bits per heavy atom. The van der Waals surface area contributed by atoms with Crippen molar-refractivity contribution in [3.8, 4) is 0 Å². The lowest BCUT2D eigenvalue weighted by Crippen LogP contribution is -2.68. The fourth-order valence-corrected chi connectivity index (χ4v) is 2.29. The second-order valence-corrected chi connectivity index (χ2v) is 5.16. The minimum absolute atomic E-state index is 0.195. The summed E-state index contributed by atoms with van der Waals surface area (Å²) in [7, 11) is 0. The van der Waals surface area contributed by atoms with Crippen LogP contribution >= 0.6 is 0 Å². The highest BCUT2D eigenvalue weighted by molar-refractivity contribution is 5.74. The van der Waals surface area contributed by atoms with E-state index in [9.17, 15) is 30.3 Å². The number of nitrogens with zero attached hydrogens (tertiary/aromatic N) is 1. The fourth-order valence-electron chi connectivity index (χ4n) is 2.29. The van der Waals surface area contributed by atoms with Crippen LogP contribution in [0.1, 0.15) is 5.56 Å². The van der Waals surface area contributed by atoms with Gasteiger partial charge in [0.15, 0.2) is 0 Å². The number of carbonyl (C=O) groups is 1. The van der Waals surface area contributed by atoms with Gasteiger partial charge in [0.1, 0.15) is 30.5 Å². The van der Waals surface area contributed by atoms with Gasteiger partial charge in [-0.25, -0.2) is 4.79 Å². The first-order chi connectivity index (χ1) is 10.4. The first-order valence-electron chi connectivity index (χ1n) is 6.75. The summed E-state index contributed by atoms with van der Waals surface area (Å²) in [6.45, 7) is 0.195. The molecule has 7 N–H and O–H groups in total. The largest absolute Gasteiger partial charge is 0.388 e. The van der Waals surface area contributed by atoms with Gasteiger partial charge >= 0.3 is 6.03 Å². The van der Waals surface area contributed by atoms with Gasteiger partial charge in [-0.15, -0.1) is 0 Å². The molecule has 9 nitrogen and oxygen atoms in total. The number of aliphatic hydroxyl groups is 5. The van der Waals surface area contributed by atoms with Crippen molar-refractivity contribution in [2.45, 2.75) is 43.1 Å². The van der Waals surface area contributed by atoms with Crippen molar-refractivity contribution in [2.24, 2.45) is 0 Å². The zero-order chi connectivity index (χ0) is 16.3. The number of urea groups is 1. The van der Waals surface area contributed by atoms with Gasteiger partial charge in [0.05, 0.1) is 6.04 Å². The Balaban J connectivity index is 1.92. The van der Waals surface area contributed by atoms with Crippen LogP contribution in [0, 0.1) is 0 Å². The number of amides is 2. The fraction of sp³-hybridized carbons (Fsp3) is 0.538. The predicted molar refractivity (Wildman–Crippen MR) is 73.4 cm³/mol. The third-order valence-electron chi connectivity index (χ3n) is 3.64. The van der Waals surface area contributed by atoms with Gasteiger partial charge in [-0.05, 0) is 17.7 Å². The Kier molecular flexibility index (Phi) is 5.27. The second-order valence-electron chi connectivity index (χ2n) is 5.16. The van der Waals surface area contributed by atoms with E-state index in [1.807, 2.05) is 0 Å². The molecule has 0 spiro atoms. The van der Waals surface area contributed by atoms with Crippen molar-refractivity contribution in [1.29, 1.82) is 0 Å². The van der Waals surface area contributed by atoms with E-state index in [0.717, 1.165) is 5.56 Å². The molecule has 1 aromatic heterocycles. The van der Waals surface area contributed by atoms with Crippen LogP contribution in [0.3, 0.4) is 0 Å². The molecule has 0 aliphatic heterocycles. The topological polar surface area (TPSA) is 155 Å². The molecule has 2 unspecified atom stereocenters. The van der Waals surface area contributed by atoms with E-state index in [4.69, 9.17) is 0 Å². The number of aromatic nitrogens is 1. The van der Waals surface area contributed by atoms with Gasteiger partial charge in [-0.2, -0.15) is 0 Å². The van der Waals surface area contributed by atoms with Gasteiger partial charge in [-0.3, -0.25) is 4.98 Å². The van der Waals surface area contributed by atoms with Gasteiger partial charge in [0.25, 0.3) is 0 Å². The quantitative estimate of drug-likeness (QED) is 0.315. The maximum absolute atomic E-state index is 11.8. The zero-order valence-corrected chi connectivity index (χ0v) is 11.6. The number of pyridine rings is 1. The number of nitrogens with one attached hydrogen (secondary N) is 2. The monoisotopic (exact) mass is 313 g/mol. The molecule has 0 radical (unpaired) electrons. The molecule has 1 aliphatic rings. The van der Waals surface area contributed by atoms with Crippen LogP contribution in [0.4, 0.5) is 4.79 Å². The predicted octanol–water partition coefficient (Wildman–Crippen LogP) is -2.93. The van der Waals surface area contributed by atoms with Crippen LogP contribution in [0.2, 0.25) is 0 Å². The first-order valence-corrected chi connectivity index (χ1v) is 6.75.